The van der Waals surface area contributed by atoms with Crippen LogP contribution < -0.4 is 4.74 Å². The molecule has 0 amide bonds. The summed E-state index contributed by atoms with van der Waals surface area (Å²) in [6, 6.07) is 4.16. The predicted molar refractivity (Wildman–Crippen MR) is 87.5 cm³/mol. The molecule has 25 heavy (non-hydrogen) atoms. The molecular formula is C19H21F3O3. The Morgan fingerprint density at radius 3 is 2.64 bits per heavy atom. The summed E-state index contributed by atoms with van der Waals surface area (Å²) in [5.74, 6) is -0.779. The van der Waals surface area contributed by atoms with Crippen LogP contribution in [0.3, 0.4) is 0 Å². The van der Waals surface area contributed by atoms with Crippen LogP contribution in [0.15, 0.2) is 42.5 Å². The van der Waals surface area contributed by atoms with Gasteiger partial charge in [0.1, 0.15) is 18.5 Å². The average molecular weight is 354 g/mol. The fourth-order valence-corrected chi connectivity index (χ4v) is 3.04. The van der Waals surface area contributed by atoms with Gasteiger partial charge in [0.2, 0.25) is 0 Å². The molecule has 0 bridgehead atoms. The van der Waals surface area contributed by atoms with Crippen LogP contribution in [-0.4, -0.2) is 25.1 Å². The second-order valence-electron chi connectivity index (χ2n) is 6.66. The number of halogens is 3. The van der Waals surface area contributed by atoms with E-state index < -0.39 is 17.5 Å². The molecule has 1 heterocycles. The molecule has 136 valence electrons. The van der Waals surface area contributed by atoms with Crippen LogP contribution >= 0.6 is 0 Å². The first kappa shape index (κ1) is 18.0. The molecule has 2 aliphatic rings. The largest absolute Gasteiger partial charge is 0.491 e. The predicted octanol–water partition coefficient (Wildman–Crippen LogP) is 4.84. The third-order valence-electron chi connectivity index (χ3n) is 4.21. The molecule has 1 aromatic carbocycles. The van der Waals surface area contributed by atoms with E-state index in [4.69, 9.17) is 14.2 Å². The summed E-state index contributed by atoms with van der Waals surface area (Å²) >= 11 is 0. The van der Waals surface area contributed by atoms with Crippen molar-refractivity contribution in [2.75, 3.05) is 13.2 Å². The lowest BCUT2D eigenvalue weighted by Gasteiger charge is -2.21. The third kappa shape index (κ3) is 4.44. The Bertz CT molecular complexity index is 677. The number of hydrogen-bond donors (Lipinski definition) is 0. The quantitative estimate of drug-likeness (QED) is 0.775. The van der Waals surface area contributed by atoms with Crippen LogP contribution in [-0.2, 0) is 15.7 Å². The van der Waals surface area contributed by atoms with Gasteiger partial charge >= 0.3 is 6.18 Å². The van der Waals surface area contributed by atoms with Crippen molar-refractivity contribution in [1.82, 2.24) is 0 Å². The lowest BCUT2D eigenvalue weighted by Crippen LogP contribution is -2.25. The zero-order valence-electron chi connectivity index (χ0n) is 14.2. The highest BCUT2D eigenvalue weighted by molar-refractivity contribution is 5.42. The van der Waals surface area contributed by atoms with Gasteiger partial charge in [-0.15, -0.1) is 0 Å². The number of alkyl halides is 3. The molecule has 0 saturated carbocycles. The zero-order valence-corrected chi connectivity index (χ0v) is 14.2. The Hall–Kier alpha value is -1.79. The summed E-state index contributed by atoms with van der Waals surface area (Å²) < 4.78 is 57.0. The van der Waals surface area contributed by atoms with Gasteiger partial charge in [0.15, 0.2) is 5.79 Å². The fourth-order valence-electron chi connectivity index (χ4n) is 3.04. The maximum absolute atomic E-state index is 13.5. The lowest BCUT2D eigenvalue weighted by molar-refractivity contribution is -0.141. The van der Waals surface area contributed by atoms with Crippen LogP contribution in [0.2, 0.25) is 0 Å². The highest BCUT2D eigenvalue weighted by Gasteiger charge is 2.36. The van der Waals surface area contributed by atoms with Gasteiger partial charge in [0, 0.05) is 5.92 Å². The van der Waals surface area contributed by atoms with Crippen molar-refractivity contribution in [3.63, 3.8) is 0 Å². The van der Waals surface area contributed by atoms with Gasteiger partial charge in [0.05, 0.1) is 12.2 Å². The zero-order chi connectivity index (χ0) is 18.1. The smallest absolute Gasteiger partial charge is 0.416 e. The van der Waals surface area contributed by atoms with Crippen molar-refractivity contribution in [3.8, 4) is 5.75 Å². The van der Waals surface area contributed by atoms with E-state index in [1.54, 1.807) is 32.1 Å². The van der Waals surface area contributed by atoms with E-state index in [0.717, 1.165) is 6.07 Å². The molecule has 0 aromatic heterocycles. The van der Waals surface area contributed by atoms with Crippen molar-refractivity contribution in [1.29, 1.82) is 0 Å². The maximum Gasteiger partial charge on any atom is 0.416 e. The first-order valence-electron chi connectivity index (χ1n) is 8.24. The first-order valence-corrected chi connectivity index (χ1v) is 8.24. The highest BCUT2D eigenvalue weighted by atomic mass is 19.4. The summed E-state index contributed by atoms with van der Waals surface area (Å²) in [5, 5.41) is 0. The van der Waals surface area contributed by atoms with E-state index in [-0.39, 0.29) is 29.9 Å². The van der Waals surface area contributed by atoms with E-state index in [1.165, 1.54) is 6.07 Å². The van der Waals surface area contributed by atoms with Crippen LogP contribution in [0.1, 0.15) is 37.3 Å². The van der Waals surface area contributed by atoms with Gasteiger partial charge in [0.25, 0.3) is 0 Å². The van der Waals surface area contributed by atoms with Crippen molar-refractivity contribution < 1.29 is 27.4 Å². The molecule has 3 rings (SSSR count). The number of allylic oxidation sites excluding steroid dienone is 4. The molecule has 0 spiro atoms. The standard InChI is InChI=1S/C19H21F3O3/c1-18(2)24-12-15(25-18)11-23-14-8-9-16(13-6-4-3-5-7-13)17(10-14)19(20,21)22/h3-6,8-10,13,15H,7,11-12H2,1-2H3/t13-,15?/m1/s1. The summed E-state index contributed by atoms with van der Waals surface area (Å²) in [7, 11) is 0. The van der Waals surface area contributed by atoms with E-state index >= 15 is 0 Å². The Labute approximate surface area is 145 Å². The Kier molecular flexibility index (Phi) is 4.93. The molecule has 1 aromatic rings. The lowest BCUT2D eigenvalue weighted by atomic mass is 9.89. The van der Waals surface area contributed by atoms with E-state index in [2.05, 4.69) is 0 Å². The summed E-state index contributed by atoms with van der Waals surface area (Å²) in [5.41, 5.74) is -0.388. The van der Waals surface area contributed by atoms with Gasteiger partial charge in [-0.25, -0.2) is 0 Å². The van der Waals surface area contributed by atoms with Crippen LogP contribution in [0.25, 0.3) is 0 Å². The molecule has 2 atom stereocenters. The fraction of sp³-hybridized carbons (Fsp3) is 0.474. The normalized spacial score (nSPS) is 25.3. The van der Waals surface area contributed by atoms with E-state index in [0.29, 0.717) is 13.0 Å². The molecule has 1 aliphatic heterocycles. The molecule has 3 nitrogen and oxygen atoms in total. The van der Waals surface area contributed by atoms with Gasteiger partial charge < -0.3 is 14.2 Å². The first-order chi connectivity index (χ1) is 11.7. The van der Waals surface area contributed by atoms with Crippen molar-refractivity contribution in [3.05, 3.63) is 53.6 Å². The topological polar surface area (TPSA) is 27.7 Å². The monoisotopic (exact) mass is 354 g/mol. The van der Waals surface area contributed by atoms with Gasteiger partial charge in [-0.05, 0) is 38.0 Å². The number of rotatable bonds is 4. The highest BCUT2D eigenvalue weighted by Crippen LogP contribution is 2.39. The molecule has 6 heteroatoms. The van der Waals surface area contributed by atoms with Crippen molar-refractivity contribution in [2.45, 2.75) is 44.3 Å². The molecule has 0 radical (unpaired) electrons. The third-order valence-corrected chi connectivity index (χ3v) is 4.21. The Morgan fingerprint density at radius 1 is 1.24 bits per heavy atom. The summed E-state index contributed by atoms with van der Waals surface area (Å²) in [4.78, 5) is 0. The average Bonchev–Trinajstić information content (AvgIpc) is 2.92. The van der Waals surface area contributed by atoms with Crippen molar-refractivity contribution in [2.24, 2.45) is 0 Å². The minimum atomic E-state index is -4.43. The van der Waals surface area contributed by atoms with Crippen LogP contribution in [0, 0.1) is 0 Å². The molecule has 1 aliphatic carbocycles. The van der Waals surface area contributed by atoms with Gasteiger partial charge in [-0.1, -0.05) is 30.4 Å². The minimum absolute atomic E-state index is 0.145. The van der Waals surface area contributed by atoms with Crippen LogP contribution in [0.4, 0.5) is 13.2 Å². The number of benzene rings is 1. The number of hydrogen-bond acceptors (Lipinski definition) is 3. The summed E-state index contributed by atoms with van der Waals surface area (Å²) in [6.45, 7) is 4.08. The van der Waals surface area contributed by atoms with Crippen LogP contribution in [0.5, 0.6) is 5.75 Å². The van der Waals surface area contributed by atoms with E-state index in [1.807, 2.05) is 12.2 Å². The summed E-state index contributed by atoms with van der Waals surface area (Å²) in [6.07, 6.45) is 3.10. The minimum Gasteiger partial charge on any atom is -0.491 e. The van der Waals surface area contributed by atoms with E-state index in [9.17, 15) is 13.2 Å². The second-order valence-corrected chi connectivity index (χ2v) is 6.66. The molecule has 1 fully saturated rings. The molecule has 1 unspecified atom stereocenters. The second kappa shape index (κ2) is 6.84. The van der Waals surface area contributed by atoms with Gasteiger partial charge in [-0.2, -0.15) is 13.2 Å². The SMILES string of the molecule is CC1(C)OCC(COc2ccc([C@@H]3C=CC=CC3)c(C(F)(F)F)c2)O1. The molecule has 1 saturated heterocycles. The van der Waals surface area contributed by atoms with Gasteiger partial charge in [-0.3, -0.25) is 0 Å². The molecule has 0 N–H and O–H groups in total. The van der Waals surface area contributed by atoms with Crippen molar-refractivity contribution >= 4 is 0 Å². The Balaban J connectivity index is 1.75. The number of ether oxygens (including phenoxy) is 3. The Morgan fingerprint density at radius 2 is 2.04 bits per heavy atom. The molecular weight excluding hydrogens is 333 g/mol. The maximum atomic E-state index is 13.5.